The van der Waals surface area contributed by atoms with Crippen LogP contribution in [0.4, 0.5) is 4.39 Å². The molecule has 142 valence electrons. The van der Waals surface area contributed by atoms with Gasteiger partial charge in [-0.25, -0.2) is 9.18 Å². The summed E-state index contributed by atoms with van der Waals surface area (Å²) in [4.78, 5) is 12.4. The molecule has 0 radical (unpaired) electrons. The second kappa shape index (κ2) is 7.55. The summed E-state index contributed by atoms with van der Waals surface area (Å²) in [6.07, 6.45) is 3.50. The van der Waals surface area contributed by atoms with Crippen LogP contribution < -0.4 is 5.63 Å². The molecule has 0 aliphatic carbocycles. The summed E-state index contributed by atoms with van der Waals surface area (Å²) in [6.45, 7) is 6.41. The second-order valence-corrected chi connectivity index (χ2v) is 7.76. The first-order valence-corrected chi connectivity index (χ1v) is 9.35. The van der Waals surface area contributed by atoms with Gasteiger partial charge in [0, 0.05) is 12.0 Å². The predicted octanol–water partition coefficient (Wildman–Crippen LogP) is 5.70. The van der Waals surface area contributed by atoms with Crippen LogP contribution in [0.1, 0.15) is 56.7 Å². The van der Waals surface area contributed by atoms with Gasteiger partial charge in [0.1, 0.15) is 17.1 Å². The second-order valence-electron chi connectivity index (χ2n) is 7.76. The SMILES string of the molecule is CCCCC(C)(C)c1cc(O)c2cc(Cc3ccc(F)cc3)c(=O)oc2c1. The van der Waals surface area contributed by atoms with Crippen LogP contribution in [-0.2, 0) is 11.8 Å². The maximum Gasteiger partial charge on any atom is 0.339 e. The van der Waals surface area contributed by atoms with E-state index in [1.54, 1.807) is 24.3 Å². The first-order valence-electron chi connectivity index (χ1n) is 9.35. The van der Waals surface area contributed by atoms with Gasteiger partial charge in [-0.2, -0.15) is 0 Å². The lowest BCUT2D eigenvalue weighted by Gasteiger charge is -2.25. The fourth-order valence-corrected chi connectivity index (χ4v) is 3.34. The Labute approximate surface area is 158 Å². The van der Waals surface area contributed by atoms with Crippen LogP contribution in [0.15, 0.2) is 51.7 Å². The van der Waals surface area contributed by atoms with Crippen molar-refractivity contribution in [3.8, 4) is 5.75 Å². The van der Waals surface area contributed by atoms with Crippen LogP contribution in [0.25, 0.3) is 11.0 Å². The minimum atomic E-state index is -0.435. The molecule has 0 aliphatic rings. The number of rotatable bonds is 6. The summed E-state index contributed by atoms with van der Waals surface area (Å²) >= 11 is 0. The number of hydrogen-bond donors (Lipinski definition) is 1. The zero-order chi connectivity index (χ0) is 19.6. The summed E-state index contributed by atoms with van der Waals surface area (Å²) in [5.74, 6) is -0.212. The van der Waals surface area contributed by atoms with Gasteiger partial charge >= 0.3 is 5.63 Å². The van der Waals surface area contributed by atoms with Gasteiger partial charge in [0.15, 0.2) is 0 Å². The zero-order valence-corrected chi connectivity index (χ0v) is 16.0. The number of phenolic OH excluding ortho intramolecular Hbond substituents is 1. The summed E-state index contributed by atoms with van der Waals surface area (Å²) in [5.41, 5.74) is 2.03. The van der Waals surface area contributed by atoms with E-state index in [9.17, 15) is 14.3 Å². The van der Waals surface area contributed by atoms with Gasteiger partial charge in [-0.1, -0.05) is 45.7 Å². The molecule has 0 amide bonds. The van der Waals surface area contributed by atoms with Crippen molar-refractivity contribution in [2.75, 3.05) is 0 Å². The van der Waals surface area contributed by atoms with Crippen LogP contribution in [0.2, 0.25) is 0 Å². The number of phenols is 1. The normalized spacial score (nSPS) is 11.9. The number of aromatic hydroxyl groups is 1. The number of unbranched alkanes of at least 4 members (excludes halogenated alkanes) is 1. The molecule has 0 atom stereocenters. The molecule has 0 unspecified atom stereocenters. The Morgan fingerprint density at radius 1 is 1.11 bits per heavy atom. The lowest BCUT2D eigenvalue weighted by Crippen LogP contribution is -2.17. The summed E-state index contributed by atoms with van der Waals surface area (Å²) in [5, 5.41) is 11.1. The summed E-state index contributed by atoms with van der Waals surface area (Å²) in [7, 11) is 0. The van der Waals surface area contributed by atoms with E-state index in [1.807, 2.05) is 6.07 Å². The van der Waals surface area contributed by atoms with Crippen molar-refractivity contribution in [3.63, 3.8) is 0 Å². The Kier molecular flexibility index (Phi) is 5.36. The minimum absolute atomic E-state index is 0.108. The third-order valence-electron chi connectivity index (χ3n) is 5.15. The predicted molar refractivity (Wildman–Crippen MR) is 106 cm³/mol. The van der Waals surface area contributed by atoms with Crippen molar-refractivity contribution < 1.29 is 13.9 Å². The van der Waals surface area contributed by atoms with Crippen LogP contribution in [-0.4, -0.2) is 5.11 Å². The number of benzene rings is 2. The highest BCUT2D eigenvalue weighted by Gasteiger charge is 2.22. The Morgan fingerprint density at radius 3 is 2.48 bits per heavy atom. The van der Waals surface area contributed by atoms with Gasteiger partial charge in [0.05, 0.1) is 5.39 Å². The molecule has 0 fully saturated rings. The standard InChI is InChI=1S/C23H25FO3/c1-4-5-10-23(2,3)17-13-20(25)19-12-16(22(26)27-21(19)14-17)11-15-6-8-18(24)9-7-15/h6-9,12-14,25H,4-5,10-11H2,1-3H3. The number of halogens is 1. The Bertz CT molecular complexity index is 1000. The maximum atomic E-state index is 13.1. The quantitative estimate of drug-likeness (QED) is 0.568. The highest BCUT2D eigenvalue weighted by molar-refractivity contribution is 5.84. The van der Waals surface area contributed by atoms with Crippen molar-refractivity contribution in [3.05, 3.63) is 75.4 Å². The van der Waals surface area contributed by atoms with Gasteiger partial charge in [0.2, 0.25) is 0 Å². The van der Waals surface area contributed by atoms with E-state index in [0.29, 0.717) is 23.0 Å². The Balaban J connectivity index is 2.00. The number of fused-ring (bicyclic) bond motifs is 1. The molecule has 3 rings (SSSR count). The van der Waals surface area contributed by atoms with Gasteiger partial charge in [-0.3, -0.25) is 0 Å². The monoisotopic (exact) mass is 368 g/mol. The molecular weight excluding hydrogens is 343 g/mol. The molecule has 1 heterocycles. The van der Waals surface area contributed by atoms with Crippen molar-refractivity contribution in [2.24, 2.45) is 0 Å². The van der Waals surface area contributed by atoms with Crippen LogP contribution >= 0.6 is 0 Å². The smallest absolute Gasteiger partial charge is 0.339 e. The largest absolute Gasteiger partial charge is 0.507 e. The van der Waals surface area contributed by atoms with Crippen molar-refractivity contribution in [2.45, 2.75) is 51.9 Å². The van der Waals surface area contributed by atoms with Gasteiger partial charge in [0.25, 0.3) is 0 Å². The first-order chi connectivity index (χ1) is 12.8. The highest BCUT2D eigenvalue weighted by atomic mass is 19.1. The first kappa shape index (κ1) is 19.2. The van der Waals surface area contributed by atoms with Crippen LogP contribution in [0.5, 0.6) is 5.75 Å². The summed E-state index contributed by atoms with van der Waals surface area (Å²) < 4.78 is 18.6. The molecule has 0 spiro atoms. The highest BCUT2D eigenvalue weighted by Crippen LogP contribution is 2.35. The Hall–Kier alpha value is -2.62. The molecule has 1 N–H and O–H groups in total. The molecule has 0 saturated heterocycles. The maximum absolute atomic E-state index is 13.1. The van der Waals surface area contributed by atoms with Gasteiger partial charge < -0.3 is 9.52 Å². The average Bonchev–Trinajstić information content (AvgIpc) is 2.63. The van der Waals surface area contributed by atoms with Crippen molar-refractivity contribution in [1.82, 2.24) is 0 Å². The molecule has 3 nitrogen and oxygen atoms in total. The van der Waals surface area contributed by atoms with Crippen molar-refractivity contribution in [1.29, 1.82) is 0 Å². The molecule has 27 heavy (non-hydrogen) atoms. The molecule has 0 bridgehead atoms. The van der Waals surface area contributed by atoms with E-state index in [1.165, 1.54) is 12.1 Å². The lowest BCUT2D eigenvalue weighted by atomic mass is 9.80. The van der Waals surface area contributed by atoms with Gasteiger partial charge in [-0.15, -0.1) is 0 Å². The molecule has 1 aromatic heterocycles. The van der Waals surface area contributed by atoms with E-state index in [4.69, 9.17) is 4.42 Å². The molecule has 0 aliphatic heterocycles. The van der Waals surface area contributed by atoms with Crippen LogP contribution in [0.3, 0.4) is 0 Å². The van der Waals surface area contributed by atoms with E-state index in [-0.39, 0.29) is 17.0 Å². The molecule has 0 saturated carbocycles. The average molecular weight is 368 g/mol. The van der Waals surface area contributed by atoms with E-state index < -0.39 is 5.63 Å². The fraction of sp³-hybridized carbons (Fsp3) is 0.348. The topological polar surface area (TPSA) is 50.4 Å². The Morgan fingerprint density at radius 2 is 1.81 bits per heavy atom. The van der Waals surface area contributed by atoms with Gasteiger partial charge in [-0.05, 0) is 53.3 Å². The fourth-order valence-electron chi connectivity index (χ4n) is 3.34. The van der Waals surface area contributed by atoms with Crippen LogP contribution in [0, 0.1) is 5.82 Å². The third-order valence-corrected chi connectivity index (χ3v) is 5.15. The third kappa shape index (κ3) is 4.21. The van der Waals surface area contributed by atoms with E-state index >= 15 is 0 Å². The van der Waals surface area contributed by atoms with E-state index in [0.717, 1.165) is 30.4 Å². The van der Waals surface area contributed by atoms with Crippen molar-refractivity contribution >= 4 is 11.0 Å². The zero-order valence-electron chi connectivity index (χ0n) is 16.0. The van der Waals surface area contributed by atoms with E-state index in [2.05, 4.69) is 20.8 Å². The minimum Gasteiger partial charge on any atom is -0.507 e. The lowest BCUT2D eigenvalue weighted by molar-refractivity contribution is 0.445. The molecule has 4 heteroatoms. The molecule has 2 aromatic carbocycles. The molecular formula is C23H25FO3. The summed E-state index contributed by atoms with van der Waals surface area (Å²) in [6, 6.07) is 11.3. The molecule has 3 aromatic rings. The number of hydrogen-bond acceptors (Lipinski definition) is 3.